The molecule has 0 saturated carbocycles. The summed E-state index contributed by atoms with van der Waals surface area (Å²) in [5, 5.41) is 4.40. The summed E-state index contributed by atoms with van der Waals surface area (Å²) < 4.78 is 5.51. The normalized spacial score (nSPS) is 12.1. The van der Waals surface area contributed by atoms with Crippen molar-refractivity contribution in [3.63, 3.8) is 0 Å². The fraction of sp³-hybridized carbons (Fsp3) is 0.192. The van der Waals surface area contributed by atoms with E-state index >= 15 is 0 Å². The van der Waals surface area contributed by atoms with E-state index < -0.39 is 6.04 Å². The molecule has 31 heavy (non-hydrogen) atoms. The Morgan fingerprint density at radius 2 is 1.77 bits per heavy atom. The van der Waals surface area contributed by atoms with Crippen LogP contribution in [0, 0.1) is 0 Å². The summed E-state index contributed by atoms with van der Waals surface area (Å²) in [6.07, 6.45) is 1.80. The minimum absolute atomic E-state index is 0.0145. The Morgan fingerprint density at radius 3 is 2.52 bits per heavy atom. The number of rotatable bonds is 8. The lowest BCUT2D eigenvalue weighted by Gasteiger charge is -2.21. The quantitative estimate of drug-likeness (QED) is 0.386. The van der Waals surface area contributed by atoms with Crippen molar-refractivity contribution in [2.45, 2.75) is 12.6 Å². The van der Waals surface area contributed by atoms with Gasteiger partial charge in [0.05, 0.1) is 7.11 Å². The maximum absolute atomic E-state index is 13.7. The van der Waals surface area contributed by atoms with Crippen LogP contribution in [0.4, 0.5) is 5.69 Å². The molecule has 5 heteroatoms. The van der Waals surface area contributed by atoms with Gasteiger partial charge in [0.25, 0.3) is 0 Å². The highest BCUT2D eigenvalue weighted by Crippen LogP contribution is 2.30. The summed E-state index contributed by atoms with van der Waals surface area (Å²) >= 11 is 0. The Balaban J connectivity index is 1.74. The smallest absolute Gasteiger partial charge is 0.191 e. The number of nitrogens with one attached hydrogen (secondary N) is 2. The van der Waals surface area contributed by atoms with E-state index in [1.807, 2.05) is 80.8 Å². The molecule has 158 valence electrons. The van der Waals surface area contributed by atoms with Crippen molar-refractivity contribution < 1.29 is 9.53 Å². The topological polar surface area (TPSA) is 57.4 Å². The standard InChI is InChI=1S/C26H27N3O2/c1-29(2)17-18-13-20(15-21(14-18)31-3)28-25(19-9-5-4-6-10-19)26(30)23-16-27-24-12-8-7-11-22(23)24/h4-16,25,27-28H,17H2,1-3H3. The van der Waals surface area contributed by atoms with E-state index in [1.165, 1.54) is 0 Å². The van der Waals surface area contributed by atoms with Gasteiger partial charge in [-0.05, 0) is 43.4 Å². The van der Waals surface area contributed by atoms with E-state index in [2.05, 4.69) is 21.3 Å². The molecular formula is C26H27N3O2. The molecule has 0 aliphatic rings. The number of aromatic amines is 1. The molecule has 5 nitrogen and oxygen atoms in total. The van der Waals surface area contributed by atoms with Crippen molar-refractivity contribution in [1.29, 1.82) is 0 Å². The molecule has 0 amide bonds. The Labute approximate surface area is 182 Å². The molecule has 0 spiro atoms. The van der Waals surface area contributed by atoms with Crippen LogP contribution in [-0.2, 0) is 6.54 Å². The Bertz CT molecular complexity index is 1180. The van der Waals surface area contributed by atoms with Gasteiger partial charge in [-0.1, -0.05) is 48.5 Å². The molecule has 2 N–H and O–H groups in total. The Kier molecular flexibility index (Phi) is 6.05. The first-order valence-corrected chi connectivity index (χ1v) is 10.3. The number of fused-ring (bicyclic) bond motifs is 1. The van der Waals surface area contributed by atoms with Crippen LogP contribution in [0.1, 0.15) is 27.5 Å². The molecule has 0 bridgehead atoms. The second-order valence-electron chi connectivity index (χ2n) is 7.91. The summed E-state index contributed by atoms with van der Waals surface area (Å²) in [4.78, 5) is 19.0. The van der Waals surface area contributed by atoms with Crippen LogP contribution in [0.5, 0.6) is 5.75 Å². The van der Waals surface area contributed by atoms with Gasteiger partial charge < -0.3 is 19.9 Å². The van der Waals surface area contributed by atoms with Crippen molar-refractivity contribution in [2.75, 3.05) is 26.5 Å². The maximum atomic E-state index is 13.7. The molecule has 0 fully saturated rings. The highest BCUT2D eigenvalue weighted by atomic mass is 16.5. The van der Waals surface area contributed by atoms with E-state index in [0.717, 1.165) is 40.0 Å². The first-order valence-electron chi connectivity index (χ1n) is 10.3. The number of carbonyl (C=O) groups excluding carboxylic acids is 1. The number of hydrogen-bond acceptors (Lipinski definition) is 4. The number of hydrogen-bond donors (Lipinski definition) is 2. The fourth-order valence-corrected chi connectivity index (χ4v) is 3.86. The molecule has 1 unspecified atom stereocenters. The van der Waals surface area contributed by atoms with Crippen LogP contribution in [0.15, 0.2) is 79.0 Å². The zero-order chi connectivity index (χ0) is 21.8. The summed E-state index contributed by atoms with van der Waals surface area (Å²) in [5.74, 6) is 0.772. The van der Waals surface area contributed by atoms with Crippen molar-refractivity contribution in [1.82, 2.24) is 9.88 Å². The lowest BCUT2D eigenvalue weighted by atomic mass is 9.96. The van der Waals surface area contributed by atoms with Crippen LogP contribution in [-0.4, -0.2) is 36.9 Å². The third-order valence-corrected chi connectivity index (χ3v) is 5.26. The van der Waals surface area contributed by atoms with E-state index in [0.29, 0.717) is 5.56 Å². The number of carbonyl (C=O) groups is 1. The van der Waals surface area contributed by atoms with Crippen molar-refractivity contribution in [3.05, 3.63) is 95.7 Å². The molecule has 1 atom stereocenters. The van der Waals surface area contributed by atoms with Crippen molar-refractivity contribution >= 4 is 22.4 Å². The number of methoxy groups -OCH3 is 1. The van der Waals surface area contributed by atoms with Gasteiger partial charge in [-0.15, -0.1) is 0 Å². The van der Waals surface area contributed by atoms with E-state index in [9.17, 15) is 4.79 Å². The fourth-order valence-electron chi connectivity index (χ4n) is 3.86. The Hall–Kier alpha value is -3.57. The number of benzene rings is 3. The van der Waals surface area contributed by atoms with Gasteiger partial charge >= 0.3 is 0 Å². The molecule has 0 saturated heterocycles. The van der Waals surface area contributed by atoms with Crippen molar-refractivity contribution in [3.8, 4) is 5.75 Å². The number of Topliss-reactive ketones (excluding diaryl/α,β-unsaturated/α-hetero) is 1. The molecular weight excluding hydrogens is 386 g/mol. The van der Waals surface area contributed by atoms with E-state index in [4.69, 9.17) is 4.74 Å². The zero-order valence-corrected chi connectivity index (χ0v) is 18.1. The summed E-state index contributed by atoms with van der Waals surface area (Å²) in [6.45, 7) is 0.776. The first kappa shape index (κ1) is 20.7. The van der Waals surface area contributed by atoms with Gasteiger partial charge in [-0.25, -0.2) is 0 Å². The maximum Gasteiger partial charge on any atom is 0.191 e. The monoisotopic (exact) mass is 413 g/mol. The summed E-state index contributed by atoms with van der Waals surface area (Å²) in [6, 6.07) is 23.2. The minimum Gasteiger partial charge on any atom is -0.497 e. The highest BCUT2D eigenvalue weighted by molar-refractivity contribution is 6.11. The van der Waals surface area contributed by atoms with Crippen molar-refractivity contribution in [2.24, 2.45) is 0 Å². The van der Waals surface area contributed by atoms with Crippen LogP contribution in [0.25, 0.3) is 10.9 Å². The molecule has 1 aromatic heterocycles. The third-order valence-electron chi connectivity index (χ3n) is 5.26. The SMILES string of the molecule is COc1cc(CN(C)C)cc(NC(C(=O)c2c[nH]c3ccccc23)c2ccccc2)c1. The molecule has 4 rings (SSSR count). The van der Waals surface area contributed by atoms with Gasteiger partial charge in [0.15, 0.2) is 5.78 Å². The summed E-state index contributed by atoms with van der Waals surface area (Å²) in [5.41, 5.74) is 4.49. The lowest BCUT2D eigenvalue weighted by molar-refractivity contribution is 0.0971. The number of aromatic nitrogens is 1. The van der Waals surface area contributed by atoms with Gasteiger partial charge in [0, 0.05) is 41.0 Å². The van der Waals surface area contributed by atoms with Crippen LogP contribution in [0.3, 0.4) is 0 Å². The summed E-state index contributed by atoms with van der Waals surface area (Å²) in [7, 11) is 5.71. The lowest BCUT2D eigenvalue weighted by Crippen LogP contribution is -2.21. The van der Waals surface area contributed by atoms with Crippen LogP contribution < -0.4 is 10.1 Å². The number of ketones is 1. The van der Waals surface area contributed by atoms with Gasteiger partial charge in [0.1, 0.15) is 11.8 Å². The van der Waals surface area contributed by atoms with E-state index in [-0.39, 0.29) is 5.78 Å². The zero-order valence-electron chi connectivity index (χ0n) is 18.1. The highest BCUT2D eigenvalue weighted by Gasteiger charge is 2.24. The number of H-pyrrole nitrogens is 1. The first-order chi connectivity index (χ1) is 15.0. The molecule has 1 heterocycles. The number of anilines is 1. The molecule has 4 aromatic rings. The predicted octanol–water partition coefficient (Wildman–Crippen LogP) is 5.27. The number of nitrogens with zero attached hydrogens (tertiary/aromatic N) is 1. The van der Waals surface area contributed by atoms with E-state index in [1.54, 1.807) is 13.3 Å². The molecule has 0 aliphatic heterocycles. The molecule has 0 aliphatic carbocycles. The Morgan fingerprint density at radius 1 is 1.03 bits per heavy atom. The second kappa shape index (κ2) is 9.06. The number of para-hydroxylation sites is 1. The average Bonchev–Trinajstić information content (AvgIpc) is 3.21. The predicted molar refractivity (Wildman–Crippen MR) is 126 cm³/mol. The number of ether oxygens (including phenoxy) is 1. The third kappa shape index (κ3) is 4.62. The van der Waals surface area contributed by atoms with Crippen LogP contribution in [0.2, 0.25) is 0 Å². The van der Waals surface area contributed by atoms with Crippen LogP contribution >= 0.6 is 0 Å². The largest absolute Gasteiger partial charge is 0.497 e. The van der Waals surface area contributed by atoms with Gasteiger partial charge in [-0.3, -0.25) is 4.79 Å². The molecule has 3 aromatic carbocycles. The average molecular weight is 414 g/mol. The second-order valence-corrected chi connectivity index (χ2v) is 7.91. The molecule has 0 radical (unpaired) electrons. The van der Waals surface area contributed by atoms with Gasteiger partial charge in [-0.2, -0.15) is 0 Å². The minimum atomic E-state index is -0.528. The van der Waals surface area contributed by atoms with Gasteiger partial charge in [0.2, 0.25) is 0 Å².